The number of nitrogen functional groups attached to an aromatic ring is 2. The maximum absolute atomic E-state index is 13.2. The van der Waals surface area contributed by atoms with Gasteiger partial charge in [0, 0.05) is 35.0 Å². The van der Waals surface area contributed by atoms with Crippen molar-refractivity contribution in [2.45, 2.75) is 45.3 Å². The van der Waals surface area contributed by atoms with Crippen molar-refractivity contribution in [3.05, 3.63) is 75.7 Å². The Hall–Kier alpha value is -6.15. The predicted molar refractivity (Wildman–Crippen MR) is 162 cm³/mol. The number of benzene rings is 2. The number of carbonyl (C=O) groups excluding carboxylic acids is 2. The molecular weight excluding hydrogens is 674 g/mol. The molecule has 2 aromatic carbocycles. The monoisotopic (exact) mass is 704 g/mol. The summed E-state index contributed by atoms with van der Waals surface area (Å²) >= 11 is 0. The van der Waals surface area contributed by atoms with Gasteiger partial charge in [-0.2, -0.15) is 26.3 Å². The summed E-state index contributed by atoms with van der Waals surface area (Å²) in [4.78, 5) is 59.7. The highest BCUT2D eigenvalue weighted by Crippen LogP contribution is 2.23. The first-order valence-corrected chi connectivity index (χ1v) is 13.3. The average molecular weight is 705 g/mol. The zero-order chi connectivity index (χ0) is 37.9. The summed E-state index contributed by atoms with van der Waals surface area (Å²) in [6, 6.07) is 11.3. The SMILES string of the molecule is CC(C)Nc1ncc(-c2cc(N)cc(C(N)=O)c2)n(CC(=O)NCc2ccc(C(=N)N)cc2)c1=O.O=C(O)C(F)(F)F.O=C(O)C(F)(F)F. The van der Waals surface area contributed by atoms with Crippen molar-refractivity contribution >= 4 is 41.1 Å². The molecule has 0 radical (unpaired) electrons. The zero-order valence-corrected chi connectivity index (χ0v) is 25.4. The number of nitrogens with two attached hydrogens (primary N) is 3. The van der Waals surface area contributed by atoms with Crippen molar-refractivity contribution in [2.24, 2.45) is 11.5 Å². The quantitative estimate of drug-likeness (QED) is 0.0693. The second-order valence-corrected chi connectivity index (χ2v) is 9.88. The van der Waals surface area contributed by atoms with Gasteiger partial charge in [-0.05, 0) is 37.6 Å². The Bertz CT molecular complexity index is 1720. The smallest absolute Gasteiger partial charge is 0.475 e. The number of nitrogens with zero attached hydrogens (tertiary/aromatic N) is 2. The number of halogens is 6. The average Bonchev–Trinajstić information content (AvgIpc) is 2.97. The Labute approximate surface area is 272 Å². The van der Waals surface area contributed by atoms with Gasteiger partial charge in [-0.1, -0.05) is 24.3 Å². The first-order valence-electron chi connectivity index (χ1n) is 13.3. The summed E-state index contributed by atoms with van der Waals surface area (Å²) < 4.78 is 64.7. The number of carboxylic acids is 2. The number of carboxylic acid groups (broad SMARTS) is 2. The molecule has 0 fully saturated rings. The number of primary amides is 1. The zero-order valence-electron chi connectivity index (χ0n) is 25.4. The molecule has 0 saturated heterocycles. The van der Waals surface area contributed by atoms with Crippen molar-refractivity contribution in [2.75, 3.05) is 11.1 Å². The molecule has 11 N–H and O–H groups in total. The van der Waals surface area contributed by atoms with Crippen LogP contribution >= 0.6 is 0 Å². The lowest BCUT2D eigenvalue weighted by Gasteiger charge is -2.17. The summed E-state index contributed by atoms with van der Waals surface area (Å²) in [5, 5.41) is 27.5. The second kappa shape index (κ2) is 17.1. The van der Waals surface area contributed by atoms with E-state index in [1.165, 1.54) is 22.9 Å². The van der Waals surface area contributed by atoms with Gasteiger partial charge in [0.2, 0.25) is 11.8 Å². The Morgan fingerprint density at radius 3 is 1.86 bits per heavy atom. The number of aliphatic carboxylic acids is 2. The van der Waals surface area contributed by atoms with Crippen LogP contribution in [0.4, 0.5) is 37.8 Å². The standard InChI is InChI=1S/C24H28N8O3.2C2HF3O2/c1-13(2)31-23-24(35)32(12-20(33)29-10-14-3-5-15(6-4-14)21(26)27)19(11-30-23)16-7-17(22(28)34)9-18(25)8-16;2*3-2(4,5)1(6)7/h3-9,11,13H,10,12,25H2,1-2H3,(H3,26,27)(H2,28,34)(H,29,33)(H,30,31);2*(H,6,7). The van der Waals surface area contributed by atoms with Gasteiger partial charge in [0.1, 0.15) is 12.4 Å². The van der Waals surface area contributed by atoms with E-state index >= 15 is 0 Å². The predicted octanol–water partition coefficient (Wildman–Crippen LogP) is 2.28. The van der Waals surface area contributed by atoms with Gasteiger partial charge in [-0.25, -0.2) is 14.6 Å². The number of hydrogen-bond acceptors (Lipinski definition) is 9. The highest BCUT2D eigenvalue weighted by atomic mass is 19.4. The van der Waals surface area contributed by atoms with E-state index < -0.39 is 41.7 Å². The number of rotatable bonds is 9. The van der Waals surface area contributed by atoms with E-state index in [0.29, 0.717) is 16.8 Å². The van der Waals surface area contributed by atoms with Crippen LogP contribution in [0.5, 0.6) is 0 Å². The van der Waals surface area contributed by atoms with Crippen LogP contribution < -0.4 is 33.4 Å². The third kappa shape index (κ3) is 13.6. The fraction of sp³-hybridized carbons (Fsp3) is 0.250. The maximum Gasteiger partial charge on any atom is 0.490 e. The summed E-state index contributed by atoms with van der Waals surface area (Å²) in [6.07, 6.45) is -8.72. The highest BCUT2D eigenvalue weighted by molar-refractivity contribution is 5.95. The van der Waals surface area contributed by atoms with Crippen LogP contribution in [-0.2, 0) is 27.5 Å². The first-order chi connectivity index (χ1) is 22.4. The van der Waals surface area contributed by atoms with E-state index in [0.717, 1.165) is 5.56 Å². The molecule has 21 heteroatoms. The van der Waals surface area contributed by atoms with Crippen LogP contribution in [0.25, 0.3) is 11.3 Å². The molecule has 1 heterocycles. The third-order valence-corrected chi connectivity index (χ3v) is 5.56. The van der Waals surface area contributed by atoms with E-state index in [2.05, 4.69) is 15.6 Å². The van der Waals surface area contributed by atoms with E-state index in [1.54, 1.807) is 30.3 Å². The lowest BCUT2D eigenvalue weighted by Crippen LogP contribution is -2.35. The largest absolute Gasteiger partial charge is 0.490 e. The van der Waals surface area contributed by atoms with Crippen molar-refractivity contribution in [1.29, 1.82) is 5.41 Å². The van der Waals surface area contributed by atoms with Crippen LogP contribution in [0.15, 0.2) is 53.5 Å². The molecule has 49 heavy (non-hydrogen) atoms. The van der Waals surface area contributed by atoms with Crippen LogP contribution in [0.1, 0.15) is 35.3 Å². The lowest BCUT2D eigenvalue weighted by molar-refractivity contribution is -0.193. The number of anilines is 2. The minimum absolute atomic E-state index is 0.0444. The van der Waals surface area contributed by atoms with Crippen LogP contribution in [0, 0.1) is 5.41 Å². The van der Waals surface area contributed by atoms with Crippen LogP contribution in [0.3, 0.4) is 0 Å². The summed E-state index contributed by atoms with van der Waals surface area (Å²) in [6.45, 7) is 3.64. The number of amidine groups is 1. The number of carbonyl (C=O) groups is 4. The number of nitrogens with one attached hydrogen (secondary N) is 3. The number of aromatic nitrogens is 2. The molecule has 2 amide bonds. The van der Waals surface area contributed by atoms with Gasteiger partial charge in [-0.15, -0.1) is 0 Å². The van der Waals surface area contributed by atoms with Gasteiger partial charge in [0.15, 0.2) is 5.82 Å². The minimum atomic E-state index is -5.08. The van der Waals surface area contributed by atoms with Gasteiger partial charge < -0.3 is 38.0 Å². The Balaban J connectivity index is 0.000000717. The molecule has 3 rings (SSSR count). The van der Waals surface area contributed by atoms with Gasteiger partial charge in [0.25, 0.3) is 5.56 Å². The molecule has 0 atom stereocenters. The molecule has 266 valence electrons. The van der Waals surface area contributed by atoms with Crippen LogP contribution in [0.2, 0.25) is 0 Å². The summed E-state index contributed by atoms with van der Waals surface area (Å²) in [5.74, 6) is -6.55. The Kier molecular flexibility index (Phi) is 14.3. The molecule has 0 spiro atoms. The van der Waals surface area contributed by atoms with Crippen molar-refractivity contribution in [3.63, 3.8) is 0 Å². The molecule has 0 bridgehead atoms. The molecule has 0 unspecified atom stereocenters. The summed E-state index contributed by atoms with van der Waals surface area (Å²) in [5.41, 5.74) is 18.9. The number of hydrogen-bond donors (Lipinski definition) is 8. The first kappa shape index (κ1) is 40.9. The normalized spacial score (nSPS) is 10.9. The summed E-state index contributed by atoms with van der Waals surface area (Å²) in [7, 11) is 0. The topological polar surface area (TPSA) is 270 Å². The van der Waals surface area contributed by atoms with E-state index in [1.807, 2.05) is 13.8 Å². The molecule has 15 nitrogen and oxygen atoms in total. The van der Waals surface area contributed by atoms with Crippen molar-refractivity contribution in [1.82, 2.24) is 14.9 Å². The lowest BCUT2D eigenvalue weighted by atomic mass is 10.1. The van der Waals surface area contributed by atoms with Crippen molar-refractivity contribution < 1.29 is 55.7 Å². The molecule has 0 saturated carbocycles. The molecule has 1 aromatic heterocycles. The minimum Gasteiger partial charge on any atom is -0.475 e. The molecule has 0 aliphatic heterocycles. The van der Waals surface area contributed by atoms with E-state index in [-0.39, 0.29) is 42.0 Å². The van der Waals surface area contributed by atoms with Crippen molar-refractivity contribution in [3.8, 4) is 11.3 Å². The highest BCUT2D eigenvalue weighted by Gasteiger charge is 2.38. The van der Waals surface area contributed by atoms with Gasteiger partial charge in [0.05, 0.1) is 11.9 Å². The Morgan fingerprint density at radius 2 is 1.43 bits per heavy atom. The molecule has 0 aliphatic rings. The van der Waals surface area contributed by atoms with Gasteiger partial charge in [-0.3, -0.25) is 24.4 Å². The van der Waals surface area contributed by atoms with E-state index in [9.17, 15) is 40.7 Å². The molecule has 0 aliphatic carbocycles. The maximum atomic E-state index is 13.2. The van der Waals surface area contributed by atoms with Gasteiger partial charge >= 0.3 is 24.3 Å². The van der Waals surface area contributed by atoms with Crippen LogP contribution in [-0.4, -0.2) is 67.7 Å². The van der Waals surface area contributed by atoms with E-state index in [4.69, 9.17) is 42.4 Å². The fourth-order valence-corrected chi connectivity index (χ4v) is 3.39. The molecular formula is C28H30F6N8O7. The number of amides is 2. The molecule has 3 aromatic rings. The Morgan fingerprint density at radius 1 is 0.918 bits per heavy atom. The number of alkyl halides is 6. The third-order valence-electron chi connectivity index (χ3n) is 5.56. The fourth-order valence-electron chi connectivity index (χ4n) is 3.39. The second-order valence-electron chi connectivity index (χ2n) is 9.88.